The van der Waals surface area contributed by atoms with Crippen molar-refractivity contribution >= 4 is 18.0 Å². The molecule has 1 amide bonds. The van der Waals surface area contributed by atoms with Crippen molar-refractivity contribution < 1.29 is 38.5 Å². The first-order valence-electron chi connectivity index (χ1n) is 8.62. The first-order valence-corrected chi connectivity index (χ1v) is 8.62. The lowest BCUT2D eigenvalue weighted by Gasteiger charge is -2.26. The fourth-order valence-corrected chi connectivity index (χ4v) is 2.13. The molecule has 0 spiro atoms. The van der Waals surface area contributed by atoms with Gasteiger partial charge in [0, 0.05) is 43.9 Å². The zero-order valence-corrected chi connectivity index (χ0v) is 15.7. The molecule has 1 aliphatic rings. The van der Waals surface area contributed by atoms with Gasteiger partial charge in [-0.05, 0) is 18.2 Å². The molecule has 1 aromatic rings. The molecule has 0 aromatic heterocycles. The van der Waals surface area contributed by atoms with Crippen molar-refractivity contribution in [2.24, 2.45) is 0 Å². The average molecular weight is 410 g/mol. The van der Waals surface area contributed by atoms with E-state index in [1.807, 2.05) is 0 Å². The van der Waals surface area contributed by atoms with Crippen molar-refractivity contribution in [3.05, 3.63) is 54.4 Å². The molecule has 9 nitrogen and oxygen atoms in total. The quantitative estimate of drug-likeness (QED) is 0.458. The Morgan fingerprint density at radius 1 is 1.17 bits per heavy atom. The van der Waals surface area contributed by atoms with Gasteiger partial charge in [0.05, 0.1) is 0 Å². The first kappa shape index (κ1) is 23.6. The van der Waals surface area contributed by atoms with Crippen LogP contribution in [0.4, 0.5) is 9.18 Å². The molecule has 29 heavy (non-hydrogen) atoms. The highest BCUT2D eigenvalue weighted by molar-refractivity contribution is 5.89. The summed E-state index contributed by atoms with van der Waals surface area (Å²) in [6, 6.07) is 4.36. The lowest BCUT2D eigenvalue weighted by atomic mass is 10.2. The molecule has 0 unspecified atom stereocenters. The number of carbonyl (C=O) groups is 3. The molecule has 10 heteroatoms. The second kappa shape index (κ2) is 12.9. The van der Waals surface area contributed by atoms with Gasteiger partial charge < -0.3 is 29.9 Å². The first-order chi connectivity index (χ1) is 13.8. The number of carboxylic acids is 2. The lowest BCUT2D eigenvalue weighted by molar-refractivity contribution is -0.134. The van der Waals surface area contributed by atoms with Gasteiger partial charge in [-0.25, -0.2) is 18.8 Å². The predicted octanol–water partition coefficient (Wildman–Crippen LogP) is 1.64. The molecular formula is C19H23FN2O7. The minimum atomic E-state index is -1.26. The van der Waals surface area contributed by atoms with E-state index in [4.69, 9.17) is 19.7 Å². The molecule has 1 saturated heterocycles. The molecule has 3 N–H and O–H groups in total. The van der Waals surface area contributed by atoms with Crippen LogP contribution in [0.25, 0.3) is 0 Å². The van der Waals surface area contributed by atoms with Crippen molar-refractivity contribution in [1.82, 2.24) is 10.2 Å². The largest absolute Gasteiger partial charge is 0.490 e. The molecule has 1 aliphatic heterocycles. The van der Waals surface area contributed by atoms with E-state index >= 15 is 0 Å². The average Bonchev–Trinajstić information content (AvgIpc) is 2.71. The number of rotatable bonds is 7. The van der Waals surface area contributed by atoms with Crippen LogP contribution < -0.4 is 10.1 Å². The zero-order chi connectivity index (χ0) is 21.6. The second-order valence-electron chi connectivity index (χ2n) is 5.65. The number of carboxylic acid groups (broad SMARTS) is 2. The number of carbonyl (C=O) groups excluding carboxylic acids is 1. The van der Waals surface area contributed by atoms with Crippen LogP contribution in [0.15, 0.2) is 43.0 Å². The van der Waals surface area contributed by atoms with Gasteiger partial charge >= 0.3 is 18.0 Å². The van der Waals surface area contributed by atoms with Gasteiger partial charge in [-0.1, -0.05) is 12.7 Å². The van der Waals surface area contributed by atoms with Crippen molar-refractivity contribution in [3.8, 4) is 5.75 Å². The smallest absolute Gasteiger partial charge is 0.410 e. The number of nitrogens with one attached hydrogen (secondary N) is 1. The summed E-state index contributed by atoms with van der Waals surface area (Å²) in [6.45, 7) is 6.47. The highest BCUT2D eigenvalue weighted by Gasteiger charge is 2.18. The van der Waals surface area contributed by atoms with Crippen LogP contribution in [0.2, 0.25) is 0 Å². The molecule has 0 saturated carbocycles. The normalized spacial score (nSPS) is 13.2. The van der Waals surface area contributed by atoms with E-state index in [0.29, 0.717) is 43.2 Å². The second-order valence-corrected chi connectivity index (χ2v) is 5.65. The third-order valence-corrected chi connectivity index (χ3v) is 3.48. The summed E-state index contributed by atoms with van der Waals surface area (Å²) in [5.74, 6) is -2.42. The van der Waals surface area contributed by atoms with E-state index in [1.165, 1.54) is 18.2 Å². The van der Waals surface area contributed by atoms with Crippen molar-refractivity contribution in [1.29, 1.82) is 0 Å². The van der Waals surface area contributed by atoms with Crippen LogP contribution in [-0.4, -0.2) is 65.9 Å². The summed E-state index contributed by atoms with van der Waals surface area (Å²) >= 11 is 0. The lowest BCUT2D eigenvalue weighted by Crippen LogP contribution is -2.46. The number of nitrogens with zero attached hydrogens (tertiary/aromatic N) is 1. The highest BCUT2D eigenvalue weighted by atomic mass is 19.1. The molecule has 158 valence electrons. The summed E-state index contributed by atoms with van der Waals surface area (Å²) in [5.41, 5.74) is 0.292. The Morgan fingerprint density at radius 2 is 1.79 bits per heavy atom. The van der Waals surface area contributed by atoms with Crippen molar-refractivity contribution in [2.45, 2.75) is 6.61 Å². The van der Waals surface area contributed by atoms with Crippen molar-refractivity contribution in [2.75, 3.05) is 32.8 Å². The number of hydrogen-bond donors (Lipinski definition) is 3. The number of piperazine rings is 1. The predicted molar refractivity (Wildman–Crippen MR) is 101 cm³/mol. The molecule has 1 aromatic carbocycles. The minimum Gasteiger partial charge on any atom is -0.490 e. The number of benzene rings is 1. The van der Waals surface area contributed by atoms with Crippen LogP contribution >= 0.6 is 0 Å². The molecule has 2 rings (SSSR count). The number of hydrogen-bond acceptors (Lipinski definition) is 6. The van der Waals surface area contributed by atoms with Gasteiger partial charge in [0.2, 0.25) is 0 Å². The van der Waals surface area contributed by atoms with Crippen LogP contribution in [0.1, 0.15) is 5.56 Å². The number of aliphatic carboxylic acids is 2. The summed E-state index contributed by atoms with van der Waals surface area (Å²) in [7, 11) is 0. The zero-order valence-electron chi connectivity index (χ0n) is 15.7. The third-order valence-electron chi connectivity index (χ3n) is 3.48. The molecule has 1 fully saturated rings. The Balaban J connectivity index is 0.000000447. The maximum Gasteiger partial charge on any atom is 0.410 e. The highest BCUT2D eigenvalue weighted by Crippen LogP contribution is 2.18. The van der Waals surface area contributed by atoms with Gasteiger partial charge in [0.25, 0.3) is 0 Å². The maximum absolute atomic E-state index is 13.7. The van der Waals surface area contributed by atoms with Gasteiger partial charge in [0.15, 0.2) is 0 Å². The Kier molecular flexibility index (Phi) is 10.5. The summed E-state index contributed by atoms with van der Waals surface area (Å²) in [4.78, 5) is 32.6. The number of amides is 1. The summed E-state index contributed by atoms with van der Waals surface area (Å²) in [5, 5.41) is 18.8. The van der Waals surface area contributed by atoms with E-state index in [2.05, 4.69) is 11.9 Å². The summed E-state index contributed by atoms with van der Waals surface area (Å²) in [6.07, 6.45) is 2.30. The van der Waals surface area contributed by atoms with E-state index in [9.17, 15) is 18.8 Å². The van der Waals surface area contributed by atoms with Crippen LogP contribution in [0.3, 0.4) is 0 Å². The van der Waals surface area contributed by atoms with E-state index < -0.39 is 23.8 Å². The standard InChI is InChI=1S/C15H19FN2O3.C4H4O4/c1-2-9-20-13-3-4-14(16)12(10-13)11-21-15(19)18-7-5-17-6-8-18;5-3(6)1-2-4(7)8/h2-4,10,17H,1,5-9,11H2;1-2H,(H,5,6)(H,7,8)/b;2-1+. The molecule has 0 radical (unpaired) electrons. The topological polar surface area (TPSA) is 125 Å². The molecule has 0 aliphatic carbocycles. The Bertz CT molecular complexity index is 730. The van der Waals surface area contributed by atoms with E-state index in [0.717, 1.165) is 13.1 Å². The van der Waals surface area contributed by atoms with Crippen LogP contribution in [0, 0.1) is 5.82 Å². The third kappa shape index (κ3) is 9.91. The van der Waals surface area contributed by atoms with Gasteiger partial charge in [0.1, 0.15) is 24.8 Å². The molecule has 0 bridgehead atoms. The number of ether oxygens (including phenoxy) is 2. The molecule has 1 heterocycles. The fraction of sp³-hybridized carbons (Fsp3) is 0.316. The minimum absolute atomic E-state index is 0.111. The SMILES string of the molecule is C=CCOc1ccc(F)c(COC(=O)N2CCNCC2)c1.O=C(O)/C=C/C(=O)O. The van der Waals surface area contributed by atoms with Gasteiger partial charge in [-0.2, -0.15) is 0 Å². The van der Waals surface area contributed by atoms with Crippen molar-refractivity contribution in [3.63, 3.8) is 0 Å². The maximum atomic E-state index is 13.7. The van der Waals surface area contributed by atoms with Crippen LogP contribution in [0.5, 0.6) is 5.75 Å². The number of halogens is 1. The molecular weight excluding hydrogens is 387 g/mol. The van der Waals surface area contributed by atoms with Crippen LogP contribution in [-0.2, 0) is 20.9 Å². The molecule has 0 atom stereocenters. The fourth-order valence-electron chi connectivity index (χ4n) is 2.13. The van der Waals surface area contributed by atoms with E-state index in [1.54, 1.807) is 11.0 Å². The van der Waals surface area contributed by atoms with Gasteiger partial charge in [-0.15, -0.1) is 0 Å². The monoisotopic (exact) mass is 410 g/mol. The van der Waals surface area contributed by atoms with E-state index in [-0.39, 0.29) is 6.61 Å². The Hall–Kier alpha value is -3.40. The van der Waals surface area contributed by atoms with Gasteiger partial charge in [-0.3, -0.25) is 0 Å². The Morgan fingerprint density at radius 3 is 2.34 bits per heavy atom. The Labute approximate surface area is 167 Å². The summed E-state index contributed by atoms with van der Waals surface area (Å²) < 4.78 is 24.2.